The second kappa shape index (κ2) is 14.3. The van der Waals surface area contributed by atoms with E-state index < -0.39 is 30.4 Å². The molecule has 158 valence electrons. The zero-order chi connectivity index (χ0) is 20.8. The summed E-state index contributed by atoms with van der Waals surface area (Å²) < 4.78 is 5.76. The number of aliphatic carboxylic acids is 1. The number of carboxylic acids is 1. The van der Waals surface area contributed by atoms with Gasteiger partial charge in [-0.3, -0.25) is 4.79 Å². The molecule has 0 saturated carbocycles. The van der Waals surface area contributed by atoms with Gasteiger partial charge >= 0.3 is 5.97 Å². The molecule has 1 rings (SSSR count). The molecule has 1 aliphatic heterocycles. The zero-order valence-electron chi connectivity index (χ0n) is 16.6. The van der Waals surface area contributed by atoms with Gasteiger partial charge in [-0.1, -0.05) is 55.5 Å². The van der Waals surface area contributed by atoms with Gasteiger partial charge in [0.15, 0.2) is 0 Å². The number of rotatable bonds is 13. The third-order valence-corrected chi connectivity index (χ3v) is 4.44. The first-order chi connectivity index (χ1) is 13.4. The molecule has 0 unspecified atom stereocenters. The minimum absolute atomic E-state index is 0.132. The van der Waals surface area contributed by atoms with E-state index in [1.807, 2.05) is 43.4 Å². The van der Waals surface area contributed by atoms with Crippen LogP contribution >= 0.6 is 0 Å². The highest BCUT2D eigenvalue weighted by Gasteiger charge is 2.36. The Morgan fingerprint density at radius 3 is 2.57 bits per heavy atom. The van der Waals surface area contributed by atoms with Crippen molar-refractivity contribution >= 4 is 5.97 Å². The van der Waals surface area contributed by atoms with Gasteiger partial charge < -0.3 is 25.2 Å². The van der Waals surface area contributed by atoms with E-state index in [0.717, 1.165) is 6.42 Å². The van der Waals surface area contributed by atoms with Gasteiger partial charge in [-0.25, -0.2) is 0 Å². The molecule has 0 aromatic rings. The van der Waals surface area contributed by atoms with Gasteiger partial charge in [0, 0.05) is 12.8 Å². The van der Waals surface area contributed by atoms with Crippen molar-refractivity contribution in [2.45, 2.75) is 82.4 Å². The van der Waals surface area contributed by atoms with Crippen LogP contribution in [0.1, 0.15) is 51.9 Å². The molecule has 0 aromatic heterocycles. The first kappa shape index (κ1) is 24.3. The van der Waals surface area contributed by atoms with E-state index in [2.05, 4.69) is 0 Å². The Morgan fingerprint density at radius 1 is 1.11 bits per heavy atom. The molecule has 6 nitrogen and oxygen atoms in total. The number of carbonyl (C=O) groups is 1. The van der Waals surface area contributed by atoms with Crippen molar-refractivity contribution in [3.8, 4) is 0 Å². The normalized spacial score (nSPS) is 25.5. The van der Waals surface area contributed by atoms with E-state index in [1.54, 1.807) is 6.08 Å². The van der Waals surface area contributed by atoms with Crippen LogP contribution in [0.2, 0.25) is 0 Å². The van der Waals surface area contributed by atoms with Crippen LogP contribution in [0, 0.1) is 0 Å². The lowest BCUT2D eigenvalue weighted by Crippen LogP contribution is -2.24. The number of carboxylic acid groups (broad SMARTS) is 1. The van der Waals surface area contributed by atoms with E-state index in [4.69, 9.17) is 9.84 Å². The lowest BCUT2D eigenvalue weighted by molar-refractivity contribution is -0.136. The fraction of sp³-hybridized carbons (Fsp3) is 0.591. The van der Waals surface area contributed by atoms with Crippen LogP contribution in [0.4, 0.5) is 0 Å². The third kappa shape index (κ3) is 10.6. The summed E-state index contributed by atoms with van der Waals surface area (Å²) >= 11 is 0. The van der Waals surface area contributed by atoms with Crippen molar-refractivity contribution < 1.29 is 30.0 Å². The summed E-state index contributed by atoms with van der Waals surface area (Å²) in [6.45, 7) is 2.02. The Kier molecular flexibility index (Phi) is 12.4. The molecule has 1 fully saturated rings. The van der Waals surface area contributed by atoms with Gasteiger partial charge in [-0.15, -0.1) is 0 Å². The summed E-state index contributed by atoms with van der Waals surface area (Å²) in [6.07, 6.45) is 15.2. The van der Waals surface area contributed by atoms with E-state index in [0.29, 0.717) is 32.1 Å². The highest BCUT2D eigenvalue weighted by molar-refractivity contribution is 5.66. The first-order valence-corrected chi connectivity index (χ1v) is 9.98. The number of aliphatic hydroxyl groups excluding tert-OH is 3. The summed E-state index contributed by atoms with van der Waals surface area (Å²) in [4.78, 5) is 10.4. The van der Waals surface area contributed by atoms with Crippen molar-refractivity contribution in [1.29, 1.82) is 0 Å². The molecule has 0 radical (unpaired) electrons. The summed E-state index contributed by atoms with van der Waals surface area (Å²) in [5.74, 6) is -0.804. The standard InChI is InChI=1S/C22H34O6/c1-2-3-8-11-17(23)14-15-18(24)21-16-19(25)20(28-21)12-9-6-4-5-7-10-13-22(26)27/h3,5-9,14-15,17-21,23-25H,2,4,10-13,16H2,1H3,(H,26,27)/b7-5-,8-3-,9-6-,15-14+/t17-,18+,19-,20+,21+/m0/s1. The summed E-state index contributed by atoms with van der Waals surface area (Å²) in [5.41, 5.74) is 0. The average molecular weight is 395 g/mol. The monoisotopic (exact) mass is 394 g/mol. The summed E-state index contributed by atoms with van der Waals surface area (Å²) in [7, 11) is 0. The number of hydrogen-bond acceptors (Lipinski definition) is 5. The van der Waals surface area contributed by atoms with Gasteiger partial charge in [-0.2, -0.15) is 0 Å². The van der Waals surface area contributed by atoms with Gasteiger partial charge in [0.25, 0.3) is 0 Å². The fourth-order valence-corrected chi connectivity index (χ4v) is 2.87. The Labute approximate surface area is 167 Å². The predicted octanol–water partition coefficient (Wildman–Crippen LogP) is 2.90. The van der Waals surface area contributed by atoms with Crippen LogP contribution < -0.4 is 0 Å². The predicted molar refractivity (Wildman–Crippen MR) is 109 cm³/mol. The Bertz CT molecular complexity index is 551. The van der Waals surface area contributed by atoms with E-state index in [9.17, 15) is 20.1 Å². The van der Waals surface area contributed by atoms with Crippen molar-refractivity contribution in [3.05, 3.63) is 48.6 Å². The van der Waals surface area contributed by atoms with Crippen LogP contribution in [0.5, 0.6) is 0 Å². The summed E-state index contributed by atoms with van der Waals surface area (Å²) in [5, 5.41) is 38.7. The van der Waals surface area contributed by atoms with E-state index in [1.165, 1.54) is 6.08 Å². The second-order valence-corrected chi connectivity index (χ2v) is 6.92. The zero-order valence-corrected chi connectivity index (χ0v) is 16.6. The molecule has 6 heteroatoms. The van der Waals surface area contributed by atoms with E-state index in [-0.39, 0.29) is 12.5 Å². The topological polar surface area (TPSA) is 107 Å². The van der Waals surface area contributed by atoms with Crippen LogP contribution in [-0.4, -0.2) is 56.9 Å². The average Bonchev–Trinajstić information content (AvgIpc) is 3.02. The van der Waals surface area contributed by atoms with Gasteiger partial charge in [0.2, 0.25) is 0 Å². The Morgan fingerprint density at radius 2 is 1.86 bits per heavy atom. The largest absolute Gasteiger partial charge is 0.481 e. The van der Waals surface area contributed by atoms with Crippen molar-refractivity contribution in [2.24, 2.45) is 0 Å². The van der Waals surface area contributed by atoms with Gasteiger partial charge in [0.1, 0.15) is 0 Å². The van der Waals surface area contributed by atoms with Gasteiger partial charge in [0.05, 0.1) is 30.5 Å². The first-order valence-electron chi connectivity index (χ1n) is 9.98. The number of allylic oxidation sites excluding steroid dienone is 4. The number of hydrogen-bond donors (Lipinski definition) is 4. The third-order valence-electron chi connectivity index (χ3n) is 4.44. The van der Waals surface area contributed by atoms with Crippen molar-refractivity contribution in [3.63, 3.8) is 0 Å². The fourth-order valence-electron chi connectivity index (χ4n) is 2.87. The molecule has 28 heavy (non-hydrogen) atoms. The molecule has 0 amide bonds. The minimum Gasteiger partial charge on any atom is -0.481 e. The molecule has 0 aromatic carbocycles. The highest BCUT2D eigenvalue weighted by atomic mass is 16.5. The maximum Gasteiger partial charge on any atom is 0.303 e. The van der Waals surface area contributed by atoms with Crippen molar-refractivity contribution in [2.75, 3.05) is 0 Å². The maximum absolute atomic E-state index is 10.4. The number of ether oxygens (including phenoxy) is 1. The molecule has 0 aliphatic carbocycles. The van der Waals surface area contributed by atoms with Crippen LogP contribution in [0.15, 0.2) is 48.6 Å². The molecule has 4 N–H and O–H groups in total. The van der Waals surface area contributed by atoms with Crippen LogP contribution in [-0.2, 0) is 9.53 Å². The molecular formula is C22H34O6. The van der Waals surface area contributed by atoms with Crippen LogP contribution in [0.3, 0.4) is 0 Å². The van der Waals surface area contributed by atoms with E-state index >= 15 is 0 Å². The Hall–Kier alpha value is -1.73. The molecule has 1 saturated heterocycles. The quantitative estimate of drug-likeness (QED) is 0.358. The Balaban J connectivity index is 2.32. The molecular weight excluding hydrogens is 360 g/mol. The minimum atomic E-state index is -0.870. The second-order valence-electron chi connectivity index (χ2n) is 6.92. The van der Waals surface area contributed by atoms with Gasteiger partial charge in [-0.05, 0) is 32.1 Å². The molecule has 5 atom stereocenters. The SMILES string of the molecule is CC/C=C\C[C@H](O)/C=C/[C@@H](O)[C@H]1C[C@H](O)[C@@H](C/C=C\C/C=C\CCC(=O)O)O1. The molecule has 1 aliphatic rings. The molecule has 0 spiro atoms. The molecule has 0 bridgehead atoms. The molecule has 1 heterocycles. The van der Waals surface area contributed by atoms with Crippen LogP contribution in [0.25, 0.3) is 0 Å². The highest BCUT2D eigenvalue weighted by Crippen LogP contribution is 2.26. The lowest BCUT2D eigenvalue weighted by Gasteiger charge is -2.16. The summed E-state index contributed by atoms with van der Waals surface area (Å²) in [6, 6.07) is 0. The maximum atomic E-state index is 10.4. The van der Waals surface area contributed by atoms with Crippen molar-refractivity contribution in [1.82, 2.24) is 0 Å². The lowest BCUT2D eigenvalue weighted by atomic mass is 10.0. The smallest absolute Gasteiger partial charge is 0.303 e. The number of aliphatic hydroxyl groups is 3.